The third-order valence-corrected chi connectivity index (χ3v) is 7.13. The largest absolute Gasteiger partial charge is 0.497 e. The van der Waals surface area contributed by atoms with Crippen LogP contribution in [0.1, 0.15) is 5.56 Å². The van der Waals surface area contributed by atoms with Gasteiger partial charge in [0.1, 0.15) is 24.7 Å². The van der Waals surface area contributed by atoms with Crippen molar-refractivity contribution in [1.29, 1.82) is 0 Å². The second-order valence-corrected chi connectivity index (χ2v) is 9.74. The number of rotatable bonds is 10. The Morgan fingerprint density at radius 1 is 0.806 bits per heavy atom. The monoisotopic (exact) mass is 502 g/mol. The Morgan fingerprint density at radius 3 is 2.14 bits per heavy atom. The molecule has 7 nitrogen and oxygen atoms in total. The highest BCUT2D eigenvalue weighted by Crippen LogP contribution is 2.27. The quantitative estimate of drug-likeness (QED) is 0.326. The van der Waals surface area contributed by atoms with Crippen LogP contribution < -0.4 is 19.1 Å². The maximum Gasteiger partial charge on any atom is 0.264 e. The summed E-state index contributed by atoms with van der Waals surface area (Å²) in [4.78, 5) is 13.0. The average Bonchev–Trinajstić information content (AvgIpc) is 2.92. The molecule has 0 spiro atoms. The summed E-state index contributed by atoms with van der Waals surface area (Å²) in [5.41, 5.74) is 1.89. The van der Waals surface area contributed by atoms with Crippen LogP contribution in [0.2, 0.25) is 0 Å². The van der Waals surface area contributed by atoms with E-state index in [-0.39, 0.29) is 4.90 Å². The number of nitrogens with zero attached hydrogens (tertiary/aromatic N) is 1. The normalized spacial score (nSPS) is 10.9. The number of sulfonamides is 1. The van der Waals surface area contributed by atoms with Crippen molar-refractivity contribution in [2.45, 2.75) is 11.5 Å². The summed E-state index contributed by atoms with van der Waals surface area (Å²) in [5, 5.41) is 2.76. The van der Waals surface area contributed by atoms with Crippen LogP contribution in [0.15, 0.2) is 114 Å². The zero-order chi connectivity index (χ0) is 25.4. The van der Waals surface area contributed by atoms with E-state index in [1.807, 2.05) is 30.3 Å². The van der Waals surface area contributed by atoms with Crippen molar-refractivity contribution in [3.63, 3.8) is 0 Å². The van der Waals surface area contributed by atoms with Crippen molar-refractivity contribution >= 4 is 27.3 Å². The highest BCUT2D eigenvalue weighted by atomic mass is 32.2. The minimum atomic E-state index is -4.01. The molecule has 4 aromatic carbocycles. The van der Waals surface area contributed by atoms with Crippen LogP contribution >= 0.6 is 0 Å². The Labute approximate surface area is 211 Å². The molecule has 184 valence electrons. The van der Waals surface area contributed by atoms with Crippen molar-refractivity contribution in [2.24, 2.45) is 0 Å². The Hall–Kier alpha value is -4.30. The van der Waals surface area contributed by atoms with E-state index in [1.54, 1.807) is 66.7 Å². The Morgan fingerprint density at radius 2 is 1.47 bits per heavy atom. The van der Waals surface area contributed by atoms with Crippen molar-refractivity contribution in [2.75, 3.05) is 23.3 Å². The predicted octanol–water partition coefficient (Wildman–Crippen LogP) is 5.11. The van der Waals surface area contributed by atoms with Gasteiger partial charge in [-0.15, -0.1) is 0 Å². The van der Waals surface area contributed by atoms with Gasteiger partial charge in [0.25, 0.3) is 10.0 Å². The molecule has 8 heteroatoms. The van der Waals surface area contributed by atoms with Gasteiger partial charge in [-0.3, -0.25) is 9.10 Å². The lowest BCUT2D eigenvalue weighted by Gasteiger charge is -2.24. The van der Waals surface area contributed by atoms with Gasteiger partial charge in [-0.25, -0.2) is 8.42 Å². The van der Waals surface area contributed by atoms with E-state index in [0.717, 1.165) is 9.87 Å². The SMILES string of the molecule is COc1cccc(N(CC(=O)Nc2ccc(OCc3ccccc3)cc2)S(=O)(=O)c2ccccc2)c1. The Bertz CT molecular complexity index is 1390. The molecule has 0 atom stereocenters. The molecule has 0 aliphatic rings. The Balaban J connectivity index is 1.49. The van der Waals surface area contributed by atoms with Crippen molar-refractivity contribution < 1.29 is 22.7 Å². The molecule has 4 aromatic rings. The minimum absolute atomic E-state index is 0.0838. The zero-order valence-electron chi connectivity index (χ0n) is 19.7. The molecule has 1 amide bonds. The lowest BCUT2D eigenvalue weighted by molar-refractivity contribution is -0.114. The number of hydrogen-bond donors (Lipinski definition) is 1. The third kappa shape index (κ3) is 6.22. The van der Waals surface area contributed by atoms with E-state index in [4.69, 9.17) is 9.47 Å². The number of benzene rings is 4. The van der Waals surface area contributed by atoms with Gasteiger partial charge in [-0.1, -0.05) is 54.6 Å². The Kier molecular flexibility index (Phi) is 7.87. The fourth-order valence-corrected chi connectivity index (χ4v) is 4.94. The summed E-state index contributed by atoms with van der Waals surface area (Å²) in [7, 11) is -2.51. The van der Waals surface area contributed by atoms with E-state index in [1.165, 1.54) is 19.2 Å². The number of anilines is 2. The first kappa shape index (κ1) is 24.8. The number of carbonyl (C=O) groups is 1. The van der Waals surface area contributed by atoms with Gasteiger partial charge in [-0.05, 0) is 54.1 Å². The zero-order valence-corrected chi connectivity index (χ0v) is 20.5. The molecule has 0 aromatic heterocycles. The van der Waals surface area contributed by atoms with Gasteiger partial charge in [-0.2, -0.15) is 0 Å². The van der Waals surface area contributed by atoms with Crippen LogP contribution in [-0.4, -0.2) is 28.0 Å². The third-order valence-electron chi connectivity index (χ3n) is 5.35. The summed E-state index contributed by atoms with van der Waals surface area (Å²) >= 11 is 0. The first-order chi connectivity index (χ1) is 17.5. The molecule has 0 saturated carbocycles. The highest BCUT2D eigenvalue weighted by molar-refractivity contribution is 7.92. The van der Waals surface area contributed by atoms with E-state index in [0.29, 0.717) is 29.5 Å². The minimum Gasteiger partial charge on any atom is -0.497 e. The molecule has 0 radical (unpaired) electrons. The molecule has 0 fully saturated rings. The van der Waals surface area contributed by atoms with Crippen LogP contribution in [0.25, 0.3) is 0 Å². The number of nitrogens with one attached hydrogen (secondary N) is 1. The van der Waals surface area contributed by atoms with E-state index >= 15 is 0 Å². The van der Waals surface area contributed by atoms with Crippen LogP contribution in [0.5, 0.6) is 11.5 Å². The van der Waals surface area contributed by atoms with Gasteiger partial charge in [0.05, 0.1) is 17.7 Å². The number of amides is 1. The first-order valence-corrected chi connectivity index (χ1v) is 12.7. The predicted molar refractivity (Wildman–Crippen MR) is 140 cm³/mol. The summed E-state index contributed by atoms with van der Waals surface area (Å²) in [5.74, 6) is 0.643. The summed E-state index contributed by atoms with van der Waals surface area (Å²) in [6, 6.07) is 31.3. The van der Waals surface area contributed by atoms with E-state index in [9.17, 15) is 13.2 Å². The van der Waals surface area contributed by atoms with Crippen LogP contribution in [0.3, 0.4) is 0 Å². The van der Waals surface area contributed by atoms with Gasteiger partial charge in [0, 0.05) is 11.8 Å². The summed E-state index contributed by atoms with van der Waals surface area (Å²) in [6.45, 7) is 0.00996. The van der Waals surface area contributed by atoms with Crippen molar-refractivity contribution in [1.82, 2.24) is 0 Å². The standard InChI is InChI=1S/C28H26N2O5S/c1-34-26-12-8-11-24(19-26)30(36(32,33)27-13-6-3-7-14-27)20-28(31)29-23-15-17-25(18-16-23)35-21-22-9-4-2-5-10-22/h2-19H,20-21H2,1H3,(H,29,31). The number of hydrogen-bond acceptors (Lipinski definition) is 5. The van der Waals surface area contributed by atoms with Crippen molar-refractivity contribution in [3.05, 3.63) is 115 Å². The molecule has 0 saturated heterocycles. The highest BCUT2D eigenvalue weighted by Gasteiger charge is 2.27. The molecule has 0 aliphatic carbocycles. The number of carbonyl (C=O) groups excluding carboxylic acids is 1. The number of ether oxygens (including phenoxy) is 2. The van der Waals surface area contributed by atoms with Crippen LogP contribution in [0, 0.1) is 0 Å². The molecule has 4 rings (SSSR count). The summed E-state index contributed by atoms with van der Waals surface area (Å²) < 4.78 is 39.0. The second kappa shape index (κ2) is 11.4. The lowest BCUT2D eigenvalue weighted by Crippen LogP contribution is -2.38. The lowest BCUT2D eigenvalue weighted by atomic mass is 10.2. The number of methoxy groups -OCH3 is 1. The molecular weight excluding hydrogens is 476 g/mol. The van der Waals surface area contributed by atoms with E-state index < -0.39 is 22.5 Å². The van der Waals surface area contributed by atoms with Crippen LogP contribution in [-0.2, 0) is 21.4 Å². The maximum atomic E-state index is 13.4. The average molecular weight is 503 g/mol. The summed E-state index contributed by atoms with van der Waals surface area (Å²) in [6.07, 6.45) is 0. The van der Waals surface area contributed by atoms with Gasteiger partial charge in [0.2, 0.25) is 5.91 Å². The van der Waals surface area contributed by atoms with Gasteiger partial charge < -0.3 is 14.8 Å². The fraction of sp³-hybridized carbons (Fsp3) is 0.107. The fourth-order valence-electron chi connectivity index (χ4n) is 3.51. The molecule has 0 bridgehead atoms. The van der Waals surface area contributed by atoms with E-state index in [2.05, 4.69) is 5.32 Å². The molecule has 0 aliphatic heterocycles. The second-order valence-electron chi connectivity index (χ2n) is 7.87. The van der Waals surface area contributed by atoms with Crippen molar-refractivity contribution in [3.8, 4) is 11.5 Å². The topological polar surface area (TPSA) is 84.9 Å². The molecular formula is C28H26N2O5S. The molecule has 1 N–H and O–H groups in total. The molecule has 0 heterocycles. The van der Waals surface area contributed by atoms with Gasteiger partial charge >= 0.3 is 0 Å². The van der Waals surface area contributed by atoms with Gasteiger partial charge in [0.15, 0.2) is 0 Å². The molecule has 0 unspecified atom stereocenters. The molecule has 36 heavy (non-hydrogen) atoms. The van der Waals surface area contributed by atoms with Crippen LogP contribution in [0.4, 0.5) is 11.4 Å². The maximum absolute atomic E-state index is 13.4. The first-order valence-electron chi connectivity index (χ1n) is 11.2. The smallest absolute Gasteiger partial charge is 0.264 e.